The highest BCUT2D eigenvalue weighted by atomic mass is 15.0. The average molecular weight is 711 g/mol. The van der Waals surface area contributed by atoms with Crippen LogP contribution >= 0.6 is 0 Å². The van der Waals surface area contributed by atoms with Crippen molar-refractivity contribution < 1.29 is 0 Å². The van der Waals surface area contributed by atoms with Gasteiger partial charge in [0, 0.05) is 38.3 Å². The van der Waals surface area contributed by atoms with Gasteiger partial charge in [0.2, 0.25) is 0 Å². The Morgan fingerprint density at radius 1 is 0.400 bits per heavy atom. The average Bonchev–Trinajstić information content (AvgIpc) is 3.79. The van der Waals surface area contributed by atoms with Gasteiger partial charge >= 0.3 is 0 Å². The van der Waals surface area contributed by atoms with Crippen molar-refractivity contribution >= 4 is 43.6 Å². The highest BCUT2D eigenvalue weighted by Gasteiger charge is 2.39. The molecule has 2 nitrogen and oxygen atoms in total. The second-order valence-electron chi connectivity index (χ2n) is 18.0. The van der Waals surface area contributed by atoms with Crippen LogP contribution in [0.4, 0.5) is 0 Å². The van der Waals surface area contributed by atoms with Crippen molar-refractivity contribution in [2.24, 2.45) is 0 Å². The second-order valence-corrected chi connectivity index (χ2v) is 18.0. The van der Waals surface area contributed by atoms with Gasteiger partial charge in [0.1, 0.15) is 0 Å². The lowest BCUT2D eigenvalue weighted by molar-refractivity contribution is 0.332. The van der Waals surface area contributed by atoms with Gasteiger partial charge in [-0.3, -0.25) is 0 Å². The molecular weight excluding hydrogens is 665 g/mol. The fraction of sp³-hybridized carbons (Fsp3) is 0.208. The smallest absolute Gasteiger partial charge is 0.0548 e. The molecule has 7 aromatic carbocycles. The number of fused-ring (bicyclic) bond motifs is 11. The highest BCUT2D eigenvalue weighted by Crippen LogP contribution is 2.53. The van der Waals surface area contributed by atoms with Crippen LogP contribution in [0.5, 0.6) is 0 Å². The van der Waals surface area contributed by atoms with Gasteiger partial charge in [-0.05, 0) is 123 Å². The quantitative estimate of drug-likeness (QED) is 0.173. The first-order valence-corrected chi connectivity index (χ1v) is 20.0. The molecule has 9 aromatic rings. The first kappa shape index (κ1) is 32.6. The minimum Gasteiger partial charge on any atom is -0.309 e. The minimum atomic E-state index is -0.0227. The predicted molar refractivity (Wildman–Crippen MR) is 233 cm³/mol. The van der Waals surface area contributed by atoms with Gasteiger partial charge in [0.15, 0.2) is 0 Å². The molecule has 0 atom stereocenters. The number of nitrogens with zero attached hydrogens (tertiary/aromatic N) is 2. The summed E-state index contributed by atoms with van der Waals surface area (Å²) in [5.74, 6) is 0. The number of aromatic nitrogens is 2. The molecule has 0 amide bonds. The maximum absolute atomic E-state index is 2.57. The van der Waals surface area contributed by atoms with Crippen molar-refractivity contribution in [2.45, 2.75) is 70.6 Å². The maximum atomic E-state index is 2.57. The van der Waals surface area contributed by atoms with Crippen molar-refractivity contribution in [1.29, 1.82) is 0 Å². The van der Waals surface area contributed by atoms with Gasteiger partial charge in [-0.25, -0.2) is 0 Å². The Labute approximate surface area is 323 Å². The monoisotopic (exact) mass is 710 g/mol. The Balaban J connectivity index is 1.17. The molecule has 55 heavy (non-hydrogen) atoms. The molecule has 0 unspecified atom stereocenters. The molecule has 0 fully saturated rings. The van der Waals surface area contributed by atoms with E-state index in [1.807, 2.05) is 0 Å². The third-order valence-corrected chi connectivity index (χ3v) is 13.6. The van der Waals surface area contributed by atoms with Crippen LogP contribution in [0.1, 0.15) is 76.6 Å². The van der Waals surface area contributed by atoms with Crippen LogP contribution in [0.25, 0.3) is 77.2 Å². The summed E-state index contributed by atoms with van der Waals surface area (Å²) < 4.78 is 5.00. The minimum absolute atomic E-state index is 0.0227. The molecular formula is C53H46N2. The molecule has 0 N–H and O–H groups in total. The molecule has 2 aliphatic rings. The number of benzene rings is 7. The van der Waals surface area contributed by atoms with Crippen molar-refractivity contribution in [1.82, 2.24) is 9.13 Å². The summed E-state index contributed by atoms with van der Waals surface area (Å²) in [6, 6.07) is 54.9. The van der Waals surface area contributed by atoms with Crippen LogP contribution in [0.3, 0.4) is 0 Å². The van der Waals surface area contributed by atoms with E-state index in [2.05, 4.69) is 196 Å². The lowest BCUT2D eigenvalue weighted by Crippen LogP contribution is -2.33. The molecule has 0 saturated heterocycles. The summed E-state index contributed by atoms with van der Waals surface area (Å²) in [5.41, 5.74) is 18.7. The molecule has 2 aromatic heterocycles. The van der Waals surface area contributed by atoms with Crippen molar-refractivity contribution in [3.63, 3.8) is 0 Å². The summed E-state index contributed by atoms with van der Waals surface area (Å²) in [6.07, 6.45) is 2.38. The van der Waals surface area contributed by atoms with E-state index < -0.39 is 0 Å². The Morgan fingerprint density at radius 3 is 1.71 bits per heavy atom. The van der Waals surface area contributed by atoms with Crippen molar-refractivity contribution in [3.8, 4) is 33.6 Å². The molecule has 0 spiro atoms. The molecule has 0 aliphatic heterocycles. The number of hydrogen-bond acceptors (Lipinski definition) is 0. The molecule has 2 aliphatic carbocycles. The summed E-state index contributed by atoms with van der Waals surface area (Å²) in [7, 11) is 0. The zero-order valence-corrected chi connectivity index (χ0v) is 32.7. The third kappa shape index (κ3) is 4.43. The summed E-state index contributed by atoms with van der Waals surface area (Å²) in [4.78, 5) is 0. The predicted octanol–water partition coefficient (Wildman–Crippen LogP) is 14.2. The van der Waals surface area contributed by atoms with Crippen LogP contribution in [-0.2, 0) is 16.2 Å². The van der Waals surface area contributed by atoms with E-state index in [-0.39, 0.29) is 16.2 Å². The molecule has 11 rings (SSSR count). The Hall–Kier alpha value is -5.86. The molecule has 2 heteroatoms. The molecule has 0 radical (unpaired) electrons. The van der Waals surface area contributed by atoms with Gasteiger partial charge in [0.25, 0.3) is 0 Å². The topological polar surface area (TPSA) is 9.86 Å². The van der Waals surface area contributed by atoms with E-state index >= 15 is 0 Å². The third-order valence-electron chi connectivity index (χ3n) is 13.6. The SMILES string of the molecule is CC1(C)CCC(C)(C)c2cc3c(cc21)c1c2c4ccccc4n(-c4ccc(-c5cccc6c5-c5ccccc5C6(C)C)cc4)c2ccc1n3-c1ccccc1. The fourth-order valence-corrected chi connectivity index (χ4v) is 10.5. The van der Waals surface area contributed by atoms with Gasteiger partial charge in [-0.15, -0.1) is 0 Å². The first-order valence-electron chi connectivity index (χ1n) is 20.0. The van der Waals surface area contributed by atoms with Crippen LogP contribution in [-0.4, -0.2) is 9.13 Å². The zero-order chi connectivity index (χ0) is 37.4. The first-order chi connectivity index (χ1) is 26.5. The van der Waals surface area contributed by atoms with Crippen LogP contribution in [0, 0.1) is 0 Å². The summed E-state index contributed by atoms with van der Waals surface area (Å²) >= 11 is 0. The lowest BCUT2D eigenvalue weighted by atomic mass is 9.63. The zero-order valence-electron chi connectivity index (χ0n) is 32.7. The van der Waals surface area contributed by atoms with Crippen molar-refractivity contribution in [2.75, 3.05) is 0 Å². The lowest BCUT2D eigenvalue weighted by Gasteiger charge is -2.42. The van der Waals surface area contributed by atoms with Crippen LogP contribution in [0.15, 0.2) is 146 Å². The van der Waals surface area contributed by atoms with Gasteiger partial charge in [0.05, 0.1) is 22.1 Å². The van der Waals surface area contributed by atoms with E-state index in [0.717, 1.165) is 0 Å². The Morgan fingerprint density at radius 2 is 0.964 bits per heavy atom. The standard InChI is InChI=1S/C53H46N2/c1-51(2)29-30-52(3,4)43-32-47-39(31-42(43)51)50-46(55(47)34-15-8-7-9-16-34)28-27-45-49(50)38-18-11-13-22-44(38)54(45)35-25-23-33(24-26-35)36-19-14-21-41-48(36)37-17-10-12-20-40(37)53(41,5)6/h7-28,31-32H,29-30H2,1-6H3. The van der Waals surface area contributed by atoms with Crippen molar-refractivity contribution in [3.05, 3.63) is 168 Å². The summed E-state index contributed by atoms with van der Waals surface area (Å²) in [6.45, 7) is 14.5. The maximum Gasteiger partial charge on any atom is 0.0548 e. The molecule has 268 valence electrons. The molecule has 2 heterocycles. The van der Waals surface area contributed by atoms with Gasteiger partial charge < -0.3 is 9.13 Å². The number of hydrogen-bond donors (Lipinski definition) is 0. The van der Waals surface area contributed by atoms with Gasteiger partial charge in [-0.2, -0.15) is 0 Å². The van der Waals surface area contributed by atoms with E-state index in [1.165, 1.54) is 112 Å². The van der Waals surface area contributed by atoms with Crippen LogP contribution < -0.4 is 0 Å². The largest absolute Gasteiger partial charge is 0.309 e. The van der Waals surface area contributed by atoms with E-state index in [1.54, 1.807) is 0 Å². The van der Waals surface area contributed by atoms with E-state index in [9.17, 15) is 0 Å². The Bertz CT molecular complexity index is 3040. The Kier molecular flexibility index (Phi) is 6.58. The second kappa shape index (κ2) is 11.1. The van der Waals surface area contributed by atoms with Gasteiger partial charge in [-0.1, -0.05) is 133 Å². The number of para-hydroxylation sites is 2. The van der Waals surface area contributed by atoms with E-state index in [4.69, 9.17) is 0 Å². The normalized spacial score (nSPS) is 16.5. The highest BCUT2D eigenvalue weighted by molar-refractivity contribution is 6.29. The summed E-state index contributed by atoms with van der Waals surface area (Å²) in [5, 5.41) is 5.29. The van der Waals surface area contributed by atoms with Crippen LogP contribution in [0.2, 0.25) is 0 Å². The molecule has 0 saturated carbocycles. The van der Waals surface area contributed by atoms with E-state index in [0.29, 0.717) is 0 Å². The number of rotatable bonds is 3. The molecule has 0 bridgehead atoms. The fourth-order valence-electron chi connectivity index (χ4n) is 10.5.